The molecule has 8 nitrogen and oxygen atoms in total. The van der Waals surface area contributed by atoms with Crippen LogP contribution in [0.4, 0.5) is 17.6 Å². The van der Waals surface area contributed by atoms with Crippen molar-refractivity contribution in [3.05, 3.63) is 84.1 Å². The second kappa shape index (κ2) is 10.5. The minimum atomic E-state index is -4.47. The largest absolute Gasteiger partial charge is 0.496 e. The number of methoxy groups -OCH3 is 1. The lowest BCUT2D eigenvalue weighted by Gasteiger charge is -2.39. The zero-order valence-corrected chi connectivity index (χ0v) is 22.0. The lowest BCUT2D eigenvalue weighted by molar-refractivity contribution is -0.189. The van der Waals surface area contributed by atoms with Gasteiger partial charge in [0.2, 0.25) is 0 Å². The van der Waals surface area contributed by atoms with Crippen LogP contribution in [-0.2, 0) is 6.54 Å². The number of nitrogens with one attached hydrogen (secondary N) is 2. The van der Waals surface area contributed by atoms with Gasteiger partial charge in [0.15, 0.2) is 0 Å². The lowest BCUT2D eigenvalue weighted by atomic mass is 9.92. The van der Waals surface area contributed by atoms with E-state index in [1.807, 2.05) is 28.9 Å². The number of benzene rings is 2. The fourth-order valence-electron chi connectivity index (χ4n) is 5.47. The number of imidazole rings is 1. The SMILES string of the molecule is COc1cccc(F)c1CN1C[C@H](NC(=O)c2ccc3[nH]nc(-c4ccc5nccn5c4)c3c2)C[C@@H](C(F)(F)F)C1. The summed E-state index contributed by atoms with van der Waals surface area (Å²) in [4.78, 5) is 19.1. The number of amides is 1. The molecule has 41 heavy (non-hydrogen) atoms. The third-order valence-electron chi connectivity index (χ3n) is 7.49. The number of aromatic nitrogens is 4. The quantitative estimate of drug-likeness (QED) is 0.276. The van der Waals surface area contributed by atoms with Crippen LogP contribution in [0, 0.1) is 11.7 Å². The zero-order chi connectivity index (χ0) is 28.7. The van der Waals surface area contributed by atoms with Gasteiger partial charge in [0, 0.05) is 66.3 Å². The van der Waals surface area contributed by atoms with E-state index in [-0.39, 0.29) is 37.4 Å². The number of alkyl halides is 3. The van der Waals surface area contributed by atoms with Crippen molar-refractivity contribution < 1.29 is 27.1 Å². The van der Waals surface area contributed by atoms with Gasteiger partial charge in [-0.25, -0.2) is 9.37 Å². The van der Waals surface area contributed by atoms with E-state index in [1.165, 1.54) is 24.1 Å². The Bertz CT molecular complexity index is 1730. The molecule has 1 saturated heterocycles. The minimum Gasteiger partial charge on any atom is -0.496 e. The summed E-state index contributed by atoms with van der Waals surface area (Å²) in [5.74, 6) is -2.48. The van der Waals surface area contributed by atoms with E-state index in [0.29, 0.717) is 22.2 Å². The molecule has 2 aromatic carbocycles. The molecule has 1 fully saturated rings. The topological polar surface area (TPSA) is 87.5 Å². The standard InChI is InChI=1S/C29H26F4N6O2/c1-41-25-4-2-3-23(30)22(25)16-38-14-19(29(31,32)33)12-20(15-38)35-28(40)17-5-7-24-21(11-17)27(37-36-24)18-6-8-26-34-9-10-39(26)13-18/h2-11,13,19-20H,12,14-16H2,1H3,(H,35,40)(H,36,37)/t19-,20-/m1/s1. The van der Waals surface area contributed by atoms with Crippen LogP contribution in [0.25, 0.3) is 27.8 Å². The number of likely N-dealkylation sites (tertiary alicyclic amines) is 1. The number of aromatic amines is 1. The number of carbonyl (C=O) groups excluding carboxylic acids is 1. The number of nitrogens with zero attached hydrogens (tertiary/aromatic N) is 4. The second-order valence-corrected chi connectivity index (χ2v) is 10.2. The van der Waals surface area contributed by atoms with Crippen LogP contribution < -0.4 is 10.1 Å². The number of hydrogen-bond acceptors (Lipinski definition) is 5. The van der Waals surface area contributed by atoms with Crippen molar-refractivity contribution >= 4 is 22.5 Å². The average Bonchev–Trinajstić information content (AvgIpc) is 3.59. The summed E-state index contributed by atoms with van der Waals surface area (Å²) in [6.45, 7) is -0.265. The molecule has 212 valence electrons. The Kier molecular flexibility index (Phi) is 6.86. The number of carbonyl (C=O) groups is 1. The summed E-state index contributed by atoms with van der Waals surface area (Å²) >= 11 is 0. The van der Waals surface area contributed by atoms with E-state index in [9.17, 15) is 22.4 Å². The zero-order valence-electron chi connectivity index (χ0n) is 22.0. The number of hydrogen-bond donors (Lipinski definition) is 2. The molecule has 1 amide bonds. The van der Waals surface area contributed by atoms with Crippen LogP contribution in [-0.4, -0.2) is 62.8 Å². The highest BCUT2D eigenvalue weighted by molar-refractivity contribution is 6.01. The van der Waals surface area contributed by atoms with Crippen LogP contribution in [0.5, 0.6) is 5.75 Å². The molecule has 1 aliphatic heterocycles. The maximum absolute atomic E-state index is 14.6. The van der Waals surface area contributed by atoms with Crippen molar-refractivity contribution in [2.24, 2.45) is 5.92 Å². The Morgan fingerprint density at radius 3 is 2.83 bits per heavy atom. The molecular weight excluding hydrogens is 540 g/mol. The van der Waals surface area contributed by atoms with Crippen molar-refractivity contribution in [1.29, 1.82) is 0 Å². The number of rotatable bonds is 6. The van der Waals surface area contributed by atoms with Gasteiger partial charge in [0.1, 0.15) is 22.9 Å². The van der Waals surface area contributed by atoms with Crippen molar-refractivity contribution in [2.75, 3.05) is 20.2 Å². The molecular formula is C29H26F4N6O2. The van der Waals surface area contributed by atoms with Gasteiger partial charge in [0.25, 0.3) is 5.91 Å². The van der Waals surface area contributed by atoms with E-state index in [1.54, 1.807) is 30.5 Å². The molecule has 5 aromatic rings. The highest BCUT2D eigenvalue weighted by Crippen LogP contribution is 2.35. The average molecular weight is 567 g/mol. The Morgan fingerprint density at radius 1 is 1.17 bits per heavy atom. The predicted octanol–water partition coefficient (Wildman–Crippen LogP) is 5.21. The van der Waals surface area contributed by atoms with Crippen LogP contribution in [0.2, 0.25) is 0 Å². The number of pyridine rings is 1. The number of ether oxygens (including phenoxy) is 1. The molecule has 2 atom stereocenters. The first-order valence-corrected chi connectivity index (χ1v) is 13.0. The summed E-state index contributed by atoms with van der Waals surface area (Å²) in [6.07, 6.45) is 0.638. The second-order valence-electron chi connectivity index (χ2n) is 10.2. The summed E-state index contributed by atoms with van der Waals surface area (Å²) < 4.78 is 63.3. The number of piperidine rings is 1. The molecule has 4 heterocycles. The monoisotopic (exact) mass is 566 g/mol. The van der Waals surface area contributed by atoms with E-state index in [2.05, 4.69) is 20.5 Å². The van der Waals surface area contributed by atoms with E-state index in [0.717, 1.165) is 11.2 Å². The fraction of sp³-hybridized carbons (Fsp3) is 0.276. The summed E-state index contributed by atoms with van der Waals surface area (Å²) in [7, 11) is 1.38. The Morgan fingerprint density at radius 2 is 2.02 bits per heavy atom. The minimum absolute atomic E-state index is 0.0829. The van der Waals surface area contributed by atoms with E-state index >= 15 is 0 Å². The lowest BCUT2D eigenvalue weighted by Crippen LogP contribution is -2.53. The summed E-state index contributed by atoms with van der Waals surface area (Å²) in [5, 5.41) is 10.9. The normalized spacial score (nSPS) is 18.2. The van der Waals surface area contributed by atoms with Crippen LogP contribution >= 0.6 is 0 Å². The van der Waals surface area contributed by atoms with Gasteiger partial charge in [-0.05, 0) is 48.9 Å². The molecule has 0 aliphatic carbocycles. The van der Waals surface area contributed by atoms with Gasteiger partial charge in [-0.3, -0.25) is 14.8 Å². The van der Waals surface area contributed by atoms with E-state index < -0.39 is 29.9 Å². The highest BCUT2D eigenvalue weighted by atomic mass is 19.4. The van der Waals surface area contributed by atoms with Crippen LogP contribution in [0.3, 0.4) is 0 Å². The Hall–Kier alpha value is -4.45. The van der Waals surface area contributed by atoms with E-state index in [4.69, 9.17) is 4.74 Å². The first-order valence-electron chi connectivity index (χ1n) is 13.0. The summed E-state index contributed by atoms with van der Waals surface area (Å²) in [5.41, 5.74) is 3.39. The van der Waals surface area contributed by atoms with Crippen LogP contribution in [0.15, 0.2) is 67.1 Å². The van der Waals surface area contributed by atoms with Gasteiger partial charge < -0.3 is 14.5 Å². The maximum atomic E-state index is 14.6. The fourth-order valence-corrected chi connectivity index (χ4v) is 5.47. The van der Waals surface area contributed by atoms with Crippen LogP contribution in [0.1, 0.15) is 22.3 Å². The van der Waals surface area contributed by atoms with Crippen molar-refractivity contribution in [2.45, 2.75) is 25.2 Å². The van der Waals surface area contributed by atoms with Gasteiger partial charge >= 0.3 is 6.18 Å². The third kappa shape index (κ3) is 5.34. The Labute approximate surface area is 231 Å². The predicted molar refractivity (Wildman–Crippen MR) is 144 cm³/mol. The number of fused-ring (bicyclic) bond motifs is 2. The molecule has 6 rings (SSSR count). The molecule has 3 aromatic heterocycles. The smallest absolute Gasteiger partial charge is 0.393 e. The molecule has 0 saturated carbocycles. The molecule has 0 spiro atoms. The van der Waals surface area contributed by atoms with Gasteiger partial charge in [-0.1, -0.05) is 6.07 Å². The Balaban J connectivity index is 1.24. The molecule has 12 heteroatoms. The van der Waals surface area contributed by atoms with Gasteiger partial charge in [-0.15, -0.1) is 0 Å². The van der Waals surface area contributed by atoms with Gasteiger partial charge in [0.05, 0.1) is 18.5 Å². The molecule has 0 radical (unpaired) electrons. The summed E-state index contributed by atoms with van der Waals surface area (Å²) in [6, 6.07) is 12.2. The van der Waals surface area contributed by atoms with Crippen molar-refractivity contribution in [1.82, 2.24) is 29.8 Å². The molecule has 0 bridgehead atoms. The van der Waals surface area contributed by atoms with Crippen molar-refractivity contribution in [3.63, 3.8) is 0 Å². The van der Waals surface area contributed by atoms with Crippen molar-refractivity contribution in [3.8, 4) is 17.0 Å². The first-order chi connectivity index (χ1) is 19.7. The van der Waals surface area contributed by atoms with Gasteiger partial charge in [-0.2, -0.15) is 18.3 Å². The first kappa shape index (κ1) is 26.8. The third-order valence-corrected chi connectivity index (χ3v) is 7.49. The molecule has 1 aliphatic rings. The maximum Gasteiger partial charge on any atom is 0.393 e. The number of H-pyrrole nitrogens is 1. The molecule has 2 N–H and O–H groups in total. The molecule has 0 unspecified atom stereocenters. The highest BCUT2D eigenvalue weighted by Gasteiger charge is 2.45. The number of halogens is 4.